The zero-order valence-electron chi connectivity index (χ0n) is 34.2. The standard InChI is InChI=1S/C50H44N4O6/c1-55-38-15-10-16-39(56-2)48(38)45-32-23-21-30(51-32)44(29-13-8-7-9-14-29)31-22-24-33(52-31)46(49-40(57-3)17-11-18-41(49)58-4)35-26-28-37(54-35)47(36-27-25-34(45)53-36)50-42(59-5)19-12-20-43(50)60-6/h7-28,51-54H,1-6H3. The summed E-state index contributed by atoms with van der Waals surface area (Å²) < 4.78 is 36.2. The SMILES string of the molecule is COc1cccc(OC)c1C1=c2ccc([nH]2)=C(c2ccccc2)c2ccc([nH]2)C(c2c(OC)cccc2OC)=c2ccc([nH]2)=C(c2c(OC)cccc2OC)c2ccc1[nH]2. The van der Waals surface area contributed by atoms with E-state index in [2.05, 4.69) is 92.7 Å². The van der Waals surface area contributed by atoms with E-state index in [1.54, 1.807) is 42.7 Å². The number of rotatable bonds is 10. The highest BCUT2D eigenvalue weighted by atomic mass is 16.5. The van der Waals surface area contributed by atoms with Crippen molar-refractivity contribution in [1.29, 1.82) is 0 Å². The zero-order chi connectivity index (χ0) is 41.3. The Labute approximate surface area is 346 Å². The van der Waals surface area contributed by atoms with E-state index in [1.165, 1.54) is 0 Å². The summed E-state index contributed by atoms with van der Waals surface area (Å²) in [5, 5.41) is 3.37. The minimum atomic E-state index is 0.643. The largest absolute Gasteiger partial charge is 0.496 e. The molecule has 9 rings (SSSR count). The first-order chi connectivity index (χ1) is 29.5. The maximum absolute atomic E-state index is 6.05. The van der Waals surface area contributed by atoms with Crippen LogP contribution in [0.1, 0.15) is 45.0 Å². The molecule has 0 fully saturated rings. The van der Waals surface area contributed by atoms with Crippen LogP contribution in [0.2, 0.25) is 0 Å². The van der Waals surface area contributed by atoms with Crippen LogP contribution in [0.4, 0.5) is 0 Å². The van der Waals surface area contributed by atoms with E-state index in [1.807, 2.05) is 60.7 Å². The van der Waals surface area contributed by atoms with Gasteiger partial charge in [-0.05, 0) is 90.5 Å². The highest BCUT2D eigenvalue weighted by Gasteiger charge is 2.25. The molecule has 300 valence electrons. The molecule has 0 spiro atoms. The summed E-state index contributed by atoms with van der Waals surface area (Å²) in [5.74, 6) is 3.92. The molecule has 10 heteroatoms. The minimum absolute atomic E-state index is 0.643. The van der Waals surface area contributed by atoms with Gasteiger partial charge >= 0.3 is 0 Å². The van der Waals surface area contributed by atoms with Crippen LogP contribution < -0.4 is 49.8 Å². The Balaban J connectivity index is 1.50. The second kappa shape index (κ2) is 15.9. The van der Waals surface area contributed by atoms with Gasteiger partial charge in [-0.1, -0.05) is 48.5 Å². The molecule has 0 aliphatic carbocycles. The molecule has 0 saturated heterocycles. The predicted octanol–water partition coefficient (Wildman–Crippen LogP) is 6.35. The second-order valence-electron chi connectivity index (χ2n) is 14.1. The van der Waals surface area contributed by atoms with Gasteiger partial charge in [0, 0.05) is 66.5 Å². The van der Waals surface area contributed by atoms with Gasteiger partial charge in [0.1, 0.15) is 34.5 Å². The lowest BCUT2D eigenvalue weighted by Gasteiger charge is -2.17. The van der Waals surface area contributed by atoms with Crippen molar-refractivity contribution in [3.05, 3.63) is 200 Å². The smallest absolute Gasteiger partial charge is 0.130 e. The molecule has 5 heterocycles. The average molecular weight is 797 g/mol. The lowest BCUT2D eigenvalue weighted by atomic mass is 10.00. The molecule has 10 nitrogen and oxygen atoms in total. The third-order valence-electron chi connectivity index (χ3n) is 11.0. The summed E-state index contributed by atoms with van der Waals surface area (Å²) in [5.41, 5.74) is 10.3. The molecule has 8 aromatic rings. The second-order valence-corrected chi connectivity index (χ2v) is 14.1. The first kappa shape index (κ1) is 37.8. The summed E-state index contributed by atoms with van der Waals surface area (Å²) in [6, 6.07) is 44.5. The third kappa shape index (κ3) is 6.39. The predicted molar refractivity (Wildman–Crippen MR) is 233 cm³/mol. The maximum Gasteiger partial charge on any atom is 0.130 e. The van der Waals surface area contributed by atoms with Crippen LogP contribution in [0, 0.1) is 0 Å². The Morgan fingerprint density at radius 1 is 0.267 bits per heavy atom. The summed E-state index contributed by atoms with van der Waals surface area (Å²) in [6.45, 7) is 0. The van der Waals surface area contributed by atoms with E-state index < -0.39 is 0 Å². The molecular weight excluding hydrogens is 753 g/mol. The van der Waals surface area contributed by atoms with Crippen LogP contribution >= 0.6 is 0 Å². The van der Waals surface area contributed by atoms with Crippen molar-refractivity contribution >= 4 is 22.3 Å². The van der Waals surface area contributed by atoms with Crippen molar-refractivity contribution in [1.82, 2.24) is 19.9 Å². The molecular formula is C50H44N4O6. The van der Waals surface area contributed by atoms with Crippen molar-refractivity contribution in [2.75, 3.05) is 42.7 Å². The summed E-state index contributed by atoms with van der Waals surface area (Å²) in [4.78, 5) is 15.3. The van der Waals surface area contributed by atoms with Crippen LogP contribution in [-0.4, -0.2) is 62.6 Å². The van der Waals surface area contributed by atoms with Crippen LogP contribution in [0.15, 0.2) is 133 Å². The first-order valence-electron chi connectivity index (χ1n) is 19.5. The van der Waals surface area contributed by atoms with Crippen molar-refractivity contribution < 1.29 is 28.4 Å². The Bertz CT molecular complexity index is 3060. The van der Waals surface area contributed by atoms with E-state index in [4.69, 9.17) is 28.4 Å². The minimum Gasteiger partial charge on any atom is -0.496 e. The molecule has 0 unspecified atom stereocenters. The molecule has 1 aliphatic rings. The molecule has 60 heavy (non-hydrogen) atoms. The Hall–Kier alpha value is -7.72. The number of hydrogen-bond acceptors (Lipinski definition) is 6. The van der Waals surface area contributed by atoms with Crippen LogP contribution in [0.5, 0.6) is 34.5 Å². The number of H-pyrrole nitrogens is 4. The van der Waals surface area contributed by atoms with Gasteiger partial charge in [0.25, 0.3) is 0 Å². The number of nitrogens with one attached hydrogen (secondary N) is 4. The van der Waals surface area contributed by atoms with Gasteiger partial charge in [-0.25, -0.2) is 0 Å². The highest BCUT2D eigenvalue weighted by Crippen LogP contribution is 2.41. The lowest BCUT2D eigenvalue weighted by molar-refractivity contribution is 0.392. The highest BCUT2D eigenvalue weighted by molar-refractivity contribution is 5.90. The molecule has 4 aromatic carbocycles. The first-order valence-corrected chi connectivity index (χ1v) is 19.5. The fourth-order valence-electron chi connectivity index (χ4n) is 8.34. The fourth-order valence-corrected chi connectivity index (χ4v) is 8.34. The van der Waals surface area contributed by atoms with E-state index >= 15 is 0 Å². The van der Waals surface area contributed by atoms with Gasteiger partial charge in [-0.3, -0.25) is 0 Å². The Morgan fingerprint density at radius 3 is 0.850 bits per heavy atom. The van der Waals surface area contributed by atoms with Crippen LogP contribution in [0.3, 0.4) is 0 Å². The monoisotopic (exact) mass is 796 g/mol. The van der Waals surface area contributed by atoms with Crippen molar-refractivity contribution in [2.45, 2.75) is 0 Å². The molecule has 0 amide bonds. The van der Waals surface area contributed by atoms with Gasteiger partial charge < -0.3 is 48.4 Å². The van der Waals surface area contributed by atoms with Crippen LogP contribution in [-0.2, 0) is 0 Å². The molecule has 0 radical (unpaired) electrons. The summed E-state index contributed by atoms with van der Waals surface area (Å²) in [6.07, 6.45) is 0. The van der Waals surface area contributed by atoms with Gasteiger partial charge in [-0.2, -0.15) is 0 Å². The number of benzene rings is 4. The van der Waals surface area contributed by atoms with Gasteiger partial charge in [0.05, 0.1) is 59.3 Å². The van der Waals surface area contributed by atoms with Crippen molar-refractivity contribution in [3.63, 3.8) is 0 Å². The molecule has 0 atom stereocenters. The van der Waals surface area contributed by atoms with Crippen molar-refractivity contribution in [3.8, 4) is 34.5 Å². The zero-order valence-corrected chi connectivity index (χ0v) is 34.2. The number of fused-ring (bicyclic) bond motifs is 8. The third-order valence-corrected chi connectivity index (χ3v) is 11.0. The summed E-state index contributed by atoms with van der Waals surface area (Å²) in [7, 11) is 10.0. The van der Waals surface area contributed by atoms with E-state index in [0.29, 0.717) is 34.5 Å². The molecule has 4 N–H and O–H groups in total. The fraction of sp³-hybridized carbons (Fsp3) is 0.120. The average Bonchev–Trinajstić information content (AvgIpc) is 4.15. The molecule has 1 aliphatic heterocycles. The number of aromatic nitrogens is 4. The molecule has 4 aromatic heterocycles. The number of ether oxygens (including phenoxy) is 6. The van der Waals surface area contributed by atoms with Gasteiger partial charge in [-0.15, -0.1) is 0 Å². The topological polar surface area (TPSA) is 119 Å². The Kier molecular flexibility index (Phi) is 10.0. The molecule has 0 saturated carbocycles. The number of methoxy groups -OCH3 is 6. The van der Waals surface area contributed by atoms with Gasteiger partial charge in [0.2, 0.25) is 0 Å². The quantitative estimate of drug-likeness (QED) is 0.128. The number of hydrogen-bond donors (Lipinski definition) is 4. The van der Waals surface area contributed by atoms with E-state index in [-0.39, 0.29) is 0 Å². The maximum atomic E-state index is 6.05. The molecule has 8 bridgehead atoms. The lowest BCUT2D eigenvalue weighted by Crippen LogP contribution is -2.20. The normalized spacial score (nSPS) is 12.4. The van der Waals surface area contributed by atoms with E-state index in [9.17, 15) is 0 Å². The van der Waals surface area contributed by atoms with Crippen molar-refractivity contribution in [2.24, 2.45) is 0 Å². The Morgan fingerprint density at radius 2 is 0.550 bits per heavy atom. The van der Waals surface area contributed by atoms with Gasteiger partial charge in [0.15, 0.2) is 0 Å². The van der Waals surface area contributed by atoms with Crippen LogP contribution in [0.25, 0.3) is 22.3 Å². The number of aromatic amines is 4. The van der Waals surface area contributed by atoms with E-state index in [0.717, 1.165) is 88.7 Å². The summed E-state index contributed by atoms with van der Waals surface area (Å²) >= 11 is 0.